The molecule has 0 saturated carbocycles. The molecule has 0 aliphatic rings. The summed E-state index contributed by atoms with van der Waals surface area (Å²) in [6.45, 7) is 0. The predicted molar refractivity (Wildman–Crippen MR) is 62.5 cm³/mol. The van der Waals surface area contributed by atoms with Crippen LogP contribution in [0.15, 0.2) is 6.20 Å². The molecular formula is C9H5ClF3IN2O. The predicted octanol–water partition coefficient (Wildman–Crippen LogP) is 3.39. The van der Waals surface area contributed by atoms with Crippen LogP contribution in [-0.2, 0) is 12.3 Å². The number of ether oxygens (including phenoxy) is 1. The second-order valence-electron chi connectivity index (χ2n) is 2.90. The van der Waals surface area contributed by atoms with Crippen LogP contribution in [0.1, 0.15) is 11.1 Å². The van der Waals surface area contributed by atoms with Crippen LogP contribution in [0.3, 0.4) is 0 Å². The number of hydrogen-bond donors (Lipinski definition) is 0. The highest BCUT2D eigenvalue weighted by molar-refractivity contribution is 14.1. The monoisotopic (exact) mass is 376 g/mol. The van der Waals surface area contributed by atoms with Gasteiger partial charge in [-0.25, -0.2) is 4.98 Å². The Kier molecular flexibility index (Phi) is 4.82. The molecule has 0 saturated heterocycles. The molecule has 1 rings (SSSR count). The first-order valence-corrected chi connectivity index (χ1v) is 5.85. The van der Waals surface area contributed by atoms with Gasteiger partial charge >= 0.3 is 6.36 Å². The fourth-order valence-electron chi connectivity index (χ4n) is 1.08. The number of rotatable bonds is 3. The molecule has 1 aromatic rings. The van der Waals surface area contributed by atoms with Crippen LogP contribution in [0.25, 0.3) is 0 Å². The second kappa shape index (κ2) is 5.73. The van der Waals surface area contributed by atoms with Crippen molar-refractivity contribution in [2.75, 3.05) is 0 Å². The molecule has 0 fully saturated rings. The van der Waals surface area contributed by atoms with Gasteiger partial charge in [-0.15, -0.1) is 24.8 Å². The number of nitriles is 1. The normalized spacial score (nSPS) is 11.1. The second-order valence-corrected chi connectivity index (χ2v) is 4.24. The third kappa shape index (κ3) is 3.89. The van der Waals surface area contributed by atoms with E-state index in [0.717, 1.165) is 0 Å². The zero-order valence-electron chi connectivity index (χ0n) is 8.18. The van der Waals surface area contributed by atoms with E-state index in [-0.39, 0.29) is 17.9 Å². The summed E-state index contributed by atoms with van der Waals surface area (Å²) < 4.78 is 40.5. The van der Waals surface area contributed by atoms with E-state index in [1.807, 2.05) is 22.6 Å². The molecule has 0 aliphatic heterocycles. The third-order valence-corrected chi connectivity index (χ3v) is 3.39. The van der Waals surface area contributed by atoms with E-state index in [0.29, 0.717) is 9.13 Å². The fourth-order valence-corrected chi connectivity index (χ4v) is 2.26. The number of hydrogen-bond acceptors (Lipinski definition) is 3. The van der Waals surface area contributed by atoms with Gasteiger partial charge in [0.1, 0.15) is 0 Å². The molecule has 3 nitrogen and oxygen atoms in total. The van der Waals surface area contributed by atoms with Gasteiger partial charge in [0.2, 0.25) is 5.88 Å². The molecule has 8 heteroatoms. The molecule has 17 heavy (non-hydrogen) atoms. The van der Waals surface area contributed by atoms with Gasteiger partial charge in [-0.2, -0.15) is 5.26 Å². The van der Waals surface area contributed by atoms with E-state index in [4.69, 9.17) is 16.9 Å². The van der Waals surface area contributed by atoms with E-state index in [1.54, 1.807) is 6.07 Å². The van der Waals surface area contributed by atoms with Gasteiger partial charge in [0, 0.05) is 21.2 Å². The van der Waals surface area contributed by atoms with E-state index >= 15 is 0 Å². The van der Waals surface area contributed by atoms with Crippen LogP contribution >= 0.6 is 34.2 Å². The first kappa shape index (κ1) is 14.3. The molecule has 1 heterocycles. The molecule has 0 radical (unpaired) electrons. The van der Waals surface area contributed by atoms with Crippen LogP contribution < -0.4 is 4.74 Å². The van der Waals surface area contributed by atoms with E-state index in [2.05, 4.69) is 9.72 Å². The van der Waals surface area contributed by atoms with Gasteiger partial charge < -0.3 is 4.74 Å². The quantitative estimate of drug-likeness (QED) is 0.600. The van der Waals surface area contributed by atoms with Gasteiger partial charge in [-0.3, -0.25) is 0 Å². The molecule has 0 aromatic carbocycles. The smallest absolute Gasteiger partial charge is 0.388 e. The molecule has 0 aliphatic carbocycles. The molecule has 0 unspecified atom stereocenters. The maximum atomic E-state index is 12.1. The SMILES string of the molecule is N#CCc1c(OC(F)(F)F)ncc(CCl)c1I. The highest BCUT2D eigenvalue weighted by Gasteiger charge is 2.33. The Labute approximate surface area is 114 Å². The summed E-state index contributed by atoms with van der Waals surface area (Å²) in [7, 11) is 0. The molecule has 1 aromatic heterocycles. The minimum atomic E-state index is -4.83. The van der Waals surface area contributed by atoms with Crippen molar-refractivity contribution in [2.24, 2.45) is 0 Å². The van der Waals surface area contributed by atoms with Gasteiger partial charge in [0.05, 0.1) is 12.5 Å². The lowest BCUT2D eigenvalue weighted by Crippen LogP contribution is -2.19. The molecule has 92 valence electrons. The van der Waals surface area contributed by atoms with Crippen molar-refractivity contribution in [1.82, 2.24) is 4.98 Å². The Hall–Kier alpha value is -0.750. The Morgan fingerprint density at radius 3 is 2.65 bits per heavy atom. The summed E-state index contributed by atoms with van der Waals surface area (Å²) in [5.74, 6) is -0.493. The van der Waals surface area contributed by atoms with Crippen LogP contribution in [-0.4, -0.2) is 11.3 Å². The van der Waals surface area contributed by atoms with E-state index in [1.165, 1.54) is 6.20 Å². The van der Waals surface area contributed by atoms with Crippen molar-refractivity contribution in [2.45, 2.75) is 18.7 Å². The molecule has 0 N–H and O–H groups in total. The van der Waals surface area contributed by atoms with Crippen molar-refractivity contribution >= 4 is 34.2 Å². The number of aromatic nitrogens is 1. The fraction of sp³-hybridized carbons (Fsp3) is 0.333. The number of alkyl halides is 4. The Balaban J connectivity index is 3.22. The molecule has 0 bridgehead atoms. The van der Waals surface area contributed by atoms with Crippen LogP contribution in [0.2, 0.25) is 0 Å². The molecular weight excluding hydrogens is 371 g/mol. The molecule has 0 spiro atoms. The lowest BCUT2D eigenvalue weighted by atomic mass is 10.1. The minimum Gasteiger partial charge on any atom is -0.388 e. The largest absolute Gasteiger partial charge is 0.574 e. The van der Waals surface area contributed by atoms with Gasteiger partial charge in [-0.05, 0) is 28.2 Å². The zero-order chi connectivity index (χ0) is 13.1. The number of nitrogens with zero attached hydrogens (tertiary/aromatic N) is 2. The lowest BCUT2D eigenvalue weighted by Gasteiger charge is -2.13. The van der Waals surface area contributed by atoms with Crippen LogP contribution in [0.5, 0.6) is 5.88 Å². The molecule has 0 atom stereocenters. The summed E-state index contributed by atoms with van der Waals surface area (Å²) in [5.41, 5.74) is 0.663. The summed E-state index contributed by atoms with van der Waals surface area (Å²) >= 11 is 7.42. The number of pyridine rings is 1. The average Bonchev–Trinajstić information content (AvgIpc) is 2.22. The standard InChI is InChI=1S/C9H5ClF3IN2O/c10-3-5-4-16-8(17-9(11,12)13)6(1-2-15)7(5)14/h4H,1,3H2. The maximum Gasteiger partial charge on any atom is 0.574 e. The number of halogens is 5. The highest BCUT2D eigenvalue weighted by Crippen LogP contribution is 2.30. The zero-order valence-corrected chi connectivity index (χ0v) is 11.1. The minimum absolute atomic E-state index is 0.101. The van der Waals surface area contributed by atoms with E-state index < -0.39 is 12.2 Å². The summed E-state index contributed by atoms with van der Waals surface area (Å²) in [4.78, 5) is 3.53. The van der Waals surface area contributed by atoms with Crippen molar-refractivity contribution < 1.29 is 17.9 Å². The van der Waals surface area contributed by atoms with Crippen LogP contribution in [0, 0.1) is 14.9 Å². The molecule has 0 amide bonds. The summed E-state index contributed by atoms with van der Waals surface area (Å²) in [6.07, 6.45) is -3.85. The lowest BCUT2D eigenvalue weighted by molar-refractivity contribution is -0.276. The Morgan fingerprint density at radius 1 is 1.53 bits per heavy atom. The van der Waals surface area contributed by atoms with Crippen molar-refractivity contribution in [1.29, 1.82) is 5.26 Å². The van der Waals surface area contributed by atoms with Gasteiger partial charge in [-0.1, -0.05) is 0 Å². The summed E-state index contributed by atoms with van der Waals surface area (Å²) in [6, 6.07) is 1.77. The van der Waals surface area contributed by atoms with Gasteiger partial charge in [0.15, 0.2) is 0 Å². The van der Waals surface area contributed by atoms with E-state index in [9.17, 15) is 13.2 Å². The Morgan fingerprint density at radius 2 is 2.18 bits per heavy atom. The average molecular weight is 377 g/mol. The van der Waals surface area contributed by atoms with Gasteiger partial charge in [0.25, 0.3) is 0 Å². The first-order chi connectivity index (χ1) is 7.89. The third-order valence-electron chi connectivity index (χ3n) is 1.75. The van der Waals surface area contributed by atoms with Crippen molar-refractivity contribution in [3.63, 3.8) is 0 Å². The summed E-state index contributed by atoms with van der Waals surface area (Å²) in [5, 5.41) is 8.58. The van der Waals surface area contributed by atoms with Crippen molar-refractivity contribution in [3.05, 3.63) is 20.9 Å². The first-order valence-electron chi connectivity index (χ1n) is 4.24. The topological polar surface area (TPSA) is 45.9 Å². The Bertz CT molecular complexity index is 459. The highest BCUT2D eigenvalue weighted by atomic mass is 127. The maximum absolute atomic E-state index is 12.1. The van der Waals surface area contributed by atoms with Crippen LogP contribution in [0.4, 0.5) is 13.2 Å². The van der Waals surface area contributed by atoms with Crippen molar-refractivity contribution in [3.8, 4) is 11.9 Å².